The lowest BCUT2D eigenvalue weighted by Gasteiger charge is -2.25. The monoisotopic (exact) mass is 272 g/mol. The summed E-state index contributed by atoms with van der Waals surface area (Å²) in [5.41, 5.74) is 3.02. The molecule has 1 aromatic heterocycles. The standard InChI is InChI=1S/C15H20N4O/c1-11-5-7-13(8-6-11)12(2)19(4)15(20)17-14-9-16-18(3)10-14/h5-10,12H,1-4H3,(H,17,20). The van der Waals surface area contributed by atoms with Gasteiger partial charge < -0.3 is 10.2 Å². The van der Waals surface area contributed by atoms with E-state index < -0.39 is 0 Å². The lowest BCUT2D eigenvalue weighted by atomic mass is 10.1. The molecule has 2 amide bonds. The van der Waals surface area contributed by atoms with Gasteiger partial charge in [-0.05, 0) is 19.4 Å². The number of hydrogen-bond donors (Lipinski definition) is 1. The third kappa shape index (κ3) is 3.17. The van der Waals surface area contributed by atoms with E-state index in [1.165, 1.54) is 5.56 Å². The van der Waals surface area contributed by atoms with Crippen molar-refractivity contribution in [3.05, 3.63) is 47.8 Å². The molecular weight excluding hydrogens is 252 g/mol. The number of amides is 2. The van der Waals surface area contributed by atoms with Crippen LogP contribution in [0.3, 0.4) is 0 Å². The number of urea groups is 1. The van der Waals surface area contributed by atoms with Crippen LogP contribution in [-0.4, -0.2) is 27.8 Å². The fourth-order valence-electron chi connectivity index (χ4n) is 1.94. The minimum absolute atomic E-state index is 0.00673. The first-order valence-electron chi connectivity index (χ1n) is 6.56. The molecule has 0 radical (unpaired) electrons. The van der Waals surface area contributed by atoms with Crippen LogP contribution in [0.25, 0.3) is 0 Å². The summed E-state index contributed by atoms with van der Waals surface area (Å²) < 4.78 is 1.65. The molecule has 1 N–H and O–H groups in total. The first-order chi connectivity index (χ1) is 9.47. The predicted octanol–water partition coefficient (Wildman–Crippen LogP) is 2.95. The third-order valence-corrected chi connectivity index (χ3v) is 3.42. The maximum absolute atomic E-state index is 12.2. The summed E-state index contributed by atoms with van der Waals surface area (Å²) >= 11 is 0. The Morgan fingerprint density at radius 3 is 2.55 bits per heavy atom. The van der Waals surface area contributed by atoms with E-state index in [-0.39, 0.29) is 12.1 Å². The number of anilines is 1. The minimum atomic E-state index is -0.147. The average Bonchev–Trinajstić information content (AvgIpc) is 2.83. The van der Waals surface area contributed by atoms with Crippen LogP contribution < -0.4 is 5.32 Å². The number of benzene rings is 1. The van der Waals surface area contributed by atoms with Crippen LogP contribution in [-0.2, 0) is 7.05 Å². The molecular formula is C15H20N4O. The Morgan fingerprint density at radius 1 is 1.35 bits per heavy atom. The first kappa shape index (κ1) is 14.1. The molecule has 0 saturated heterocycles. The van der Waals surface area contributed by atoms with Crippen LogP contribution in [0.4, 0.5) is 10.5 Å². The molecule has 5 nitrogen and oxygen atoms in total. The molecule has 0 aliphatic carbocycles. The number of nitrogens with zero attached hydrogens (tertiary/aromatic N) is 3. The lowest BCUT2D eigenvalue weighted by molar-refractivity contribution is 0.208. The van der Waals surface area contributed by atoms with Crippen LogP contribution in [0.1, 0.15) is 24.1 Å². The molecule has 0 fully saturated rings. The molecule has 2 aromatic rings. The number of hydrogen-bond acceptors (Lipinski definition) is 2. The van der Waals surface area contributed by atoms with Gasteiger partial charge in [0.25, 0.3) is 0 Å². The van der Waals surface area contributed by atoms with Crippen molar-refractivity contribution >= 4 is 11.7 Å². The molecule has 2 rings (SSSR count). The number of rotatable bonds is 3. The zero-order valence-electron chi connectivity index (χ0n) is 12.3. The Balaban J connectivity index is 2.04. The van der Waals surface area contributed by atoms with Crippen LogP contribution in [0.5, 0.6) is 0 Å². The summed E-state index contributed by atoms with van der Waals surface area (Å²) in [7, 11) is 3.60. The molecule has 0 spiro atoms. The molecule has 0 aliphatic heterocycles. The van der Waals surface area contributed by atoms with Crippen molar-refractivity contribution in [1.82, 2.24) is 14.7 Å². The van der Waals surface area contributed by atoms with Gasteiger partial charge in [-0.25, -0.2) is 4.79 Å². The highest BCUT2D eigenvalue weighted by Gasteiger charge is 2.17. The van der Waals surface area contributed by atoms with E-state index in [9.17, 15) is 4.79 Å². The van der Waals surface area contributed by atoms with E-state index in [4.69, 9.17) is 0 Å². The van der Waals surface area contributed by atoms with Crippen molar-refractivity contribution in [3.8, 4) is 0 Å². The SMILES string of the molecule is Cc1ccc(C(C)N(C)C(=O)Nc2cnn(C)c2)cc1. The molecule has 0 saturated carbocycles. The summed E-state index contributed by atoms with van der Waals surface area (Å²) in [6.45, 7) is 4.06. The highest BCUT2D eigenvalue weighted by molar-refractivity contribution is 5.89. The predicted molar refractivity (Wildman–Crippen MR) is 79.6 cm³/mol. The van der Waals surface area contributed by atoms with Gasteiger partial charge in [0, 0.05) is 20.3 Å². The van der Waals surface area contributed by atoms with Crippen molar-refractivity contribution in [2.24, 2.45) is 7.05 Å². The van der Waals surface area contributed by atoms with Crippen molar-refractivity contribution in [3.63, 3.8) is 0 Å². The van der Waals surface area contributed by atoms with Crippen LogP contribution in [0.2, 0.25) is 0 Å². The Labute approximate surface area is 119 Å². The maximum Gasteiger partial charge on any atom is 0.322 e. The number of aromatic nitrogens is 2. The van der Waals surface area contributed by atoms with E-state index in [0.29, 0.717) is 5.69 Å². The second-order valence-electron chi connectivity index (χ2n) is 5.03. The van der Waals surface area contributed by atoms with Gasteiger partial charge in [-0.1, -0.05) is 29.8 Å². The second kappa shape index (κ2) is 5.77. The van der Waals surface area contributed by atoms with E-state index in [0.717, 1.165) is 5.56 Å². The number of carbonyl (C=O) groups excluding carboxylic acids is 1. The summed E-state index contributed by atoms with van der Waals surface area (Å²) in [5.74, 6) is 0. The zero-order valence-corrected chi connectivity index (χ0v) is 12.3. The van der Waals surface area contributed by atoms with Gasteiger partial charge in [-0.2, -0.15) is 5.10 Å². The van der Waals surface area contributed by atoms with Crippen molar-refractivity contribution < 1.29 is 4.79 Å². The van der Waals surface area contributed by atoms with Gasteiger partial charge in [-0.15, -0.1) is 0 Å². The zero-order chi connectivity index (χ0) is 14.7. The van der Waals surface area contributed by atoms with Gasteiger partial charge in [0.15, 0.2) is 0 Å². The van der Waals surface area contributed by atoms with Crippen LogP contribution in [0, 0.1) is 6.92 Å². The van der Waals surface area contributed by atoms with Crippen LogP contribution in [0.15, 0.2) is 36.7 Å². The lowest BCUT2D eigenvalue weighted by Crippen LogP contribution is -2.33. The van der Waals surface area contributed by atoms with Gasteiger partial charge in [0.1, 0.15) is 0 Å². The molecule has 106 valence electrons. The van der Waals surface area contributed by atoms with Crippen molar-refractivity contribution in [2.75, 3.05) is 12.4 Å². The normalized spacial score (nSPS) is 12.0. The molecule has 1 unspecified atom stereocenters. The fourth-order valence-corrected chi connectivity index (χ4v) is 1.94. The number of nitrogens with one attached hydrogen (secondary N) is 1. The molecule has 5 heteroatoms. The van der Waals surface area contributed by atoms with E-state index in [2.05, 4.69) is 22.5 Å². The number of carbonyl (C=O) groups is 1. The summed E-state index contributed by atoms with van der Waals surface area (Å²) in [6, 6.07) is 8.07. The van der Waals surface area contributed by atoms with Gasteiger partial charge in [0.2, 0.25) is 0 Å². The van der Waals surface area contributed by atoms with E-state index in [1.807, 2.05) is 33.0 Å². The first-order valence-corrected chi connectivity index (χ1v) is 6.56. The van der Waals surface area contributed by atoms with E-state index in [1.54, 1.807) is 29.0 Å². The molecule has 1 atom stereocenters. The molecule has 0 aliphatic rings. The highest BCUT2D eigenvalue weighted by atomic mass is 16.2. The van der Waals surface area contributed by atoms with Crippen molar-refractivity contribution in [2.45, 2.75) is 19.9 Å². The summed E-state index contributed by atoms with van der Waals surface area (Å²) in [4.78, 5) is 13.9. The molecule has 0 bridgehead atoms. The van der Waals surface area contributed by atoms with Crippen molar-refractivity contribution in [1.29, 1.82) is 0 Å². The Hall–Kier alpha value is -2.30. The smallest absolute Gasteiger partial charge is 0.321 e. The Bertz CT molecular complexity index is 588. The third-order valence-electron chi connectivity index (χ3n) is 3.42. The average molecular weight is 272 g/mol. The Morgan fingerprint density at radius 2 is 2.00 bits per heavy atom. The van der Waals surface area contributed by atoms with E-state index >= 15 is 0 Å². The maximum atomic E-state index is 12.2. The molecule has 1 aromatic carbocycles. The highest BCUT2D eigenvalue weighted by Crippen LogP contribution is 2.20. The topological polar surface area (TPSA) is 50.2 Å². The molecule has 1 heterocycles. The fraction of sp³-hybridized carbons (Fsp3) is 0.333. The van der Waals surface area contributed by atoms with Gasteiger partial charge >= 0.3 is 6.03 Å². The summed E-state index contributed by atoms with van der Waals surface area (Å²) in [5, 5.41) is 6.85. The van der Waals surface area contributed by atoms with Crippen LogP contribution >= 0.6 is 0 Å². The quantitative estimate of drug-likeness (QED) is 0.934. The number of aryl methyl sites for hydroxylation is 2. The Kier molecular flexibility index (Phi) is 4.08. The van der Waals surface area contributed by atoms with Gasteiger partial charge in [0.05, 0.1) is 17.9 Å². The second-order valence-corrected chi connectivity index (χ2v) is 5.03. The minimum Gasteiger partial charge on any atom is -0.321 e. The largest absolute Gasteiger partial charge is 0.322 e. The summed E-state index contributed by atoms with van der Waals surface area (Å²) in [6.07, 6.45) is 3.39. The van der Waals surface area contributed by atoms with Gasteiger partial charge in [-0.3, -0.25) is 4.68 Å². The molecule has 20 heavy (non-hydrogen) atoms.